The highest BCUT2D eigenvalue weighted by atomic mass is 19.1. The first kappa shape index (κ1) is 20.3. The van der Waals surface area contributed by atoms with Crippen LogP contribution in [0.25, 0.3) is 33.4 Å². The van der Waals surface area contributed by atoms with Gasteiger partial charge in [0.05, 0.1) is 18.2 Å². The van der Waals surface area contributed by atoms with Crippen LogP contribution in [0.1, 0.15) is 26.3 Å². The van der Waals surface area contributed by atoms with Crippen molar-refractivity contribution in [2.24, 2.45) is 5.73 Å². The molecule has 4 aromatic rings. The van der Waals surface area contributed by atoms with Crippen LogP contribution < -0.4 is 5.73 Å². The van der Waals surface area contributed by atoms with Gasteiger partial charge >= 0.3 is 5.97 Å². The van der Waals surface area contributed by atoms with E-state index in [9.17, 15) is 14.0 Å². The van der Waals surface area contributed by atoms with E-state index in [2.05, 4.69) is 4.74 Å². The molecule has 0 spiro atoms. The first-order valence-electron chi connectivity index (χ1n) is 9.32. The van der Waals surface area contributed by atoms with Gasteiger partial charge in [0, 0.05) is 16.5 Å². The van der Waals surface area contributed by atoms with Gasteiger partial charge in [0.25, 0.3) is 5.91 Å². The van der Waals surface area contributed by atoms with Gasteiger partial charge in [-0.3, -0.25) is 4.79 Å². The molecule has 5 nitrogen and oxygen atoms in total. The average Bonchev–Trinajstić information content (AvgIpc) is 3.13. The van der Waals surface area contributed by atoms with Gasteiger partial charge in [-0.1, -0.05) is 12.1 Å². The van der Waals surface area contributed by atoms with Crippen molar-refractivity contribution in [3.63, 3.8) is 0 Å². The maximum Gasteiger partial charge on any atom is 0.340 e. The molecule has 1 aromatic heterocycles. The standard InChI is InChI=1S/C24H17F2NO4/c1-12-3-9-16(24(29)30-2)21(26)19(12)14-6-10-18-17(11-14)20(23(27)28)22(31-18)13-4-7-15(25)8-5-13/h3-11H,1-2H3,(H2,27,28). The third-order valence-electron chi connectivity index (χ3n) is 5.09. The lowest BCUT2D eigenvalue weighted by atomic mass is 9.95. The Morgan fingerprint density at radius 1 is 0.968 bits per heavy atom. The number of benzene rings is 3. The van der Waals surface area contributed by atoms with Crippen molar-refractivity contribution in [2.45, 2.75) is 6.92 Å². The van der Waals surface area contributed by atoms with E-state index in [1.54, 1.807) is 31.2 Å². The van der Waals surface area contributed by atoms with E-state index < -0.39 is 23.5 Å². The molecule has 7 heteroatoms. The van der Waals surface area contributed by atoms with Crippen LogP contribution in [0.3, 0.4) is 0 Å². The lowest BCUT2D eigenvalue weighted by Gasteiger charge is -2.11. The number of amides is 1. The minimum absolute atomic E-state index is 0.102. The second-order valence-electron chi connectivity index (χ2n) is 7.00. The number of rotatable bonds is 4. The number of hydrogen-bond donors (Lipinski definition) is 1. The van der Waals surface area contributed by atoms with E-state index in [4.69, 9.17) is 10.2 Å². The van der Waals surface area contributed by atoms with Gasteiger partial charge in [-0.2, -0.15) is 0 Å². The molecule has 0 saturated carbocycles. The predicted octanol–water partition coefficient (Wildman–Crippen LogP) is 5.24. The van der Waals surface area contributed by atoms with Crippen molar-refractivity contribution in [3.8, 4) is 22.5 Å². The molecule has 0 radical (unpaired) electrons. The van der Waals surface area contributed by atoms with E-state index in [1.807, 2.05) is 0 Å². The van der Waals surface area contributed by atoms with Crippen LogP contribution in [0.15, 0.2) is 59.0 Å². The van der Waals surface area contributed by atoms with Crippen LogP contribution >= 0.6 is 0 Å². The van der Waals surface area contributed by atoms with Crippen molar-refractivity contribution in [1.82, 2.24) is 0 Å². The van der Waals surface area contributed by atoms with E-state index in [0.717, 1.165) is 0 Å². The summed E-state index contributed by atoms with van der Waals surface area (Å²) in [5.74, 6) is -2.50. The van der Waals surface area contributed by atoms with Gasteiger partial charge in [0.2, 0.25) is 0 Å². The number of aryl methyl sites for hydroxylation is 1. The molecule has 0 bridgehead atoms. The molecule has 1 amide bonds. The molecule has 0 aliphatic heterocycles. The second-order valence-corrected chi connectivity index (χ2v) is 7.00. The van der Waals surface area contributed by atoms with Crippen LogP contribution in [0.4, 0.5) is 8.78 Å². The lowest BCUT2D eigenvalue weighted by molar-refractivity contribution is 0.0595. The lowest BCUT2D eigenvalue weighted by Crippen LogP contribution is -2.11. The maximum absolute atomic E-state index is 15.2. The fourth-order valence-corrected chi connectivity index (χ4v) is 3.60. The molecule has 1 heterocycles. The number of esters is 1. The summed E-state index contributed by atoms with van der Waals surface area (Å²) in [6.45, 7) is 1.71. The number of furan rings is 1. The third-order valence-corrected chi connectivity index (χ3v) is 5.09. The zero-order chi connectivity index (χ0) is 22.3. The molecule has 4 rings (SSSR count). The molecule has 0 unspecified atom stereocenters. The zero-order valence-corrected chi connectivity index (χ0v) is 16.7. The smallest absolute Gasteiger partial charge is 0.340 e. The second kappa shape index (κ2) is 7.68. The van der Waals surface area contributed by atoms with Crippen LogP contribution in [0, 0.1) is 18.6 Å². The predicted molar refractivity (Wildman–Crippen MR) is 112 cm³/mol. The van der Waals surface area contributed by atoms with Gasteiger partial charge in [-0.05, 0) is 60.5 Å². The number of fused-ring (bicyclic) bond motifs is 1. The summed E-state index contributed by atoms with van der Waals surface area (Å²) in [4.78, 5) is 24.2. The summed E-state index contributed by atoms with van der Waals surface area (Å²) < 4.78 is 39.0. The molecule has 0 fully saturated rings. The Labute approximate surface area is 176 Å². The summed E-state index contributed by atoms with van der Waals surface area (Å²) in [7, 11) is 1.18. The molecule has 3 aromatic carbocycles. The number of ether oxygens (including phenoxy) is 1. The highest BCUT2D eigenvalue weighted by Crippen LogP contribution is 2.37. The fourth-order valence-electron chi connectivity index (χ4n) is 3.60. The Morgan fingerprint density at radius 2 is 1.65 bits per heavy atom. The van der Waals surface area contributed by atoms with Gasteiger partial charge in [-0.25, -0.2) is 13.6 Å². The Bertz CT molecular complexity index is 1340. The van der Waals surface area contributed by atoms with Crippen LogP contribution in [0.5, 0.6) is 0 Å². The summed E-state index contributed by atoms with van der Waals surface area (Å²) >= 11 is 0. The number of carbonyl (C=O) groups excluding carboxylic acids is 2. The molecule has 0 atom stereocenters. The van der Waals surface area contributed by atoms with Crippen LogP contribution in [-0.2, 0) is 4.74 Å². The molecule has 0 aliphatic carbocycles. The molecule has 2 N–H and O–H groups in total. The highest BCUT2D eigenvalue weighted by molar-refractivity contribution is 6.11. The Balaban J connectivity index is 1.96. The number of primary amides is 1. The van der Waals surface area contributed by atoms with Crippen molar-refractivity contribution in [2.75, 3.05) is 7.11 Å². The van der Waals surface area contributed by atoms with Gasteiger partial charge in [-0.15, -0.1) is 0 Å². The van der Waals surface area contributed by atoms with Crippen molar-refractivity contribution >= 4 is 22.8 Å². The largest absolute Gasteiger partial charge is 0.465 e. The van der Waals surface area contributed by atoms with Crippen LogP contribution in [-0.4, -0.2) is 19.0 Å². The van der Waals surface area contributed by atoms with E-state index in [0.29, 0.717) is 27.7 Å². The Kier molecular flexibility index (Phi) is 5.02. The average molecular weight is 421 g/mol. The monoisotopic (exact) mass is 421 g/mol. The Morgan fingerprint density at radius 3 is 2.29 bits per heavy atom. The maximum atomic E-state index is 15.2. The molecule has 0 aliphatic rings. The van der Waals surface area contributed by atoms with E-state index in [-0.39, 0.29) is 22.5 Å². The molecule has 31 heavy (non-hydrogen) atoms. The van der Waals surface area contributed by atoms with Crippen molar-refractivity contribution in [1.29, 1.82) is 0 Å². The number of nitrogens with two attached hydrogens (primary N) is 1. The number of halogens is 2. The molecule has 0 saturated heterocycles. The summed E-state index contributed by atoms with van der Waals surface area (Å²) in [6.07, 6.45) is 0. The molecule has 156 valence electrons. The van der Waals surface area contributed by atoms with Crippen molar-refractivity contribution in [3.05, 3.63) is 82.9 Å². The number of methoxy groups -OCH3 is 1. The van der Waals surface area contributed by atoms with Gasteiger partial charge in [0.15, 0.2) is 0 Å². The van der Waals surface area contributed by atoms with Gasteiger partial charge < -0.3 is 14.9 Å². The van der Waals surface area contributed by atoms with E-state index in [1.165, 1.54) is 37.4 Å². The van der Waals surface area contributed by atoms with Gasteiger partial charge in [0.1, 0.15) is 23.0 Å². The van der Waals surface area contributed by atoms with Crippen molar-refractivity contribution < 1.29 is 27.5 Å². The first-order chi connectivity index (χ1) is 14.8. The highest BCUT2D eigenvalue weighted by Gasteiger charge is 2.23. The minimum Gasteiger partial charge on any atom is -0.465 e. The minimum atomic E-state index is -0.792. The first-order valence-corrected chi connectivity index (χ1v) is 9.32. The molecular formula is C24H17F2NO4. The molecular weight excluding hydrogens is 404 g/mol. The number of hydrogen-bond acceptors (Lipinski definition) is 4. The summed E-state index contributed by atoms with van der Waals surface area (Å²) in [5.41, 5.74) is 7.58. The summed E-state index contributed by atoms with van der Waals surface area (Å²) in [6, 6.07) is 13.2. The van der Waals surface area contributed by atoms with E-state index >= 15 is 4.39 Å². The number of carbonyl (C=O) groups is 2. The quantitative estimate of drug-likeness (QED) is 0.457. The van der Waals surface area contributed by atoms with Crippen LogP contribution in [0.2, 0.25) is 0 Å². The topological polar surface area (TPSA) is 82.5 Å². The SMILES string of the molecule is COC(=O)c1ccc(C)c(-c2ccc3oc(-c4ccc(F)cc4)c(C(N)=O)c3c2)c1F. The normalized spacial score (nSPS) is 11.0. The fraction of sp³-hybridized carbons (Fsp3) is 0.0833. The summed E-state index contributed by atoms with van der Waals surface area (Å²) in [5, 5.41) is 0.381. The third kappa shape index (κ3) is 3.44. The Hall–Kier alpha value is -4.00. The zero-order valence-electron chi connectivity index (χ0n) is 16.7.